The third-order valence-corrected chi connectivity index (χ3v) is 4.98. The summed E-state index contributed by atoms with van der Waals surface area (Å²) in [6.45, 7) is 3.85. The summed E-state index contributed by atoms with van der Waals surface area (Å²) in [6.07, 6.45) is 1.73. The summed E-state index contributed by atoms with van der Waals surface area (Å²) in [4.78, 5) is 7.01. The van der Waals surface area contributed by atoms with E-state index in [1.54, 1.807) is 25.5 Å². The standard InChI is InChI=1S/C20H23BrN2O3/c1-25-18-5-2-15(3-6-18)19(23-8-10-26-11-9-23)14-22-13-16-12-17(21)4-7-20(16)24/h2-7,12-13,19,24H,8-11,14H2,1H3/t19-/m0/s1. The van der Waals surface area contributed by atoms with Crippen LogP contribution < -0.4 is 4.74 Å². The summed E-state index contributed by atoms with van der Waals surface area (Å²) in [5, 5.41) is 9.97. The topological polar surface area (TPSA) is 54.3 Å². The molecule has 1 N–H and O–H groups in total. The zero-order chi connectivity index (χ0) is 18.4. The first-order chi connectivity index (χ1) is 12.7. The molecule has 0 unspecified atom stereocenters. The molecule has 1 aliphatic rings. The Kier molecular flexibility index (Phi) is 6.66. The second-order valence-corrected chi connectivity index (χ2v) is 7.05. The number of hydrogen-bond donors (Lipinski definition) is 1. The van der Waals surface area contributed by atoms with Crippen molar-refractivity contribution in [3.63, 3.8) is 0 Å². The first kappa shape index (κ1) is 18.9. The van der Waals surface area contributed by atoms with E-state index >= 15 is 0 Å². The molecule has 0 spiro atoms. The predicted octanol–water partition coefficient (Wildman–Crippen LogP) is 3.66. The van der Waals surface area contributed by atoms with Crippen molar-refractivity contribution in [2.24, 2.45) is 4.99 Å². The number of aliphatic imine (C=N–C) groups is 1. The Morgan fingerprint density at radius 2 is 1.96 bits per heavy atom. The zero-order valence-electron chi connectivity index (χ0n) is 14.8. The molecule has 1 heterocycles. The summed E-state index contributed by atoms with van der Waals surface area (Å²) >= 11 is 3.42. The molecule has 0 bridgehead atoms. The van der Waals surface area contributed by atoms with E-state index in [4.69, 9.17) is 9.47 Å². The van der Waals surface area contributed by atoms with Crippen LogP contribution in [0, 0.1) is 0 Å². The SMILES string of the molecule is COc1ccc([C@H](CN=Cc2cc(Br)ccc2O)N2CCOCC2)cc1. The van der Waals surface area contributed by atoms with Crippen LogP contribution in [0.3, 0.4) is 0 Å². The molecule has 0 amide bonds. The van der Waals surface area contributed by atoms with Gasteiger partial charge in [0.15, 0.2) is 0 Å². The molecule has 26 heavy (non-hydrogen) atoms. The lowest BCUT2D eigenvalue weighted by Crippen LogP contribution is -2.40. The highest BCUT2D eigenvalue weighted by Gasteiger charge is 2.22. The molecule has 0 aliphatic carbocycles. The molecule has 2 aromatic carbocycles. The number of methoxy groups -OCH3 is 1. The predicted molar refractivity (Wildman–Crippen MR) is 106 cm³/mol. The molecule has 3 rings (SSSR count). The van der Waals surface area contributed by atoms with Crippen molar-refractivity contribution in [1.82, 2.24) is 4.90 Å². The first-order valence-corrected chi connectivity index (χ1v) is 9.41. The van der Waals surface area contributed by atoms with Gasteiger partial charge in [-0.25, -0.2) is 0 Å². The summed E-state index contributed by atoms with van der Waals surface area (Å²) in [5.41, 5.74) is 1.90. The van der Waals surface area contributed by atoms with Gasteiger partial charge < -0.3 is 14.6 Å². The second kappa shape index (κ2) is 9.16. The Morgan fingerprint density at radius 1 is 1.23 bits per heavy atom. The molecule has 0 radical (unpaired) electrons. The average Bonchev–Trinajstić information content (AvgIpc) is 2.69. The van der Waals surface area contributed by atoms with Crippen molar-refractivity contribution >= 4 is 22.1 Å². The molecule has 138 valence electrons. The molecule has 1 fully saturated rings. The number of nitrogens with zero attached hydrogens (tertiary/aromatic N) is 2. The van der Waals surface area contributed by atoms with Crippen molar-refractivity contribution in [2.45, 2.75) is 6.04 Å². The van der Waals surface area contributed by atoms with Crippen molar-refractivity contribution in [3.8, 4) is 11.5 Å². The minimum atomic E-state index is 0.162. The van der Waals surface area contributed by atoms with Gasteiger partial charge in [-0.3, -0.25) is 9.89 Å². The Balaban J connectivity index is 1.78. The van der Waals surface area contributed by atoms with Crippen molar-refractivity contribution in [2.75, 3.05) is 40.0 Å². The van der Waals surface area contributed by atoms with E-state index in [0.717, 1.165) is 36.5 Å². The van der Waals surface area contributed by atoms with E-state index < -0.39 is 0 Å². The van der Waals surface area contributed by atoms with Crippen LogP contribution in [0.5, 0.6) is 11.5 Å². The van der Waals surface area contributed by atoms with Gasteiger partial charge in [-0.2, -0.15) is 0 Å². The molecule has 6 heteroatoms. The van der Waals surface area contributed by atoms with Gasteiger partial charge in [0.2, 0.25) is 0 Å². The van der Waals surface area contributed by atoms with Crippen molar-refractivity contribution < 1.29 is 14.6 Å². The summed E-state index contributed by atoms with van der Waals surface area (Å²) in [5.74, 6) is 1.07. The second-order valence-electron chi connectivity index (χ2n) is 6.13. The zero-order valence-corrected chi connectivity index (χ0v) is 16.4. The number of rotatable bonds is 6. The molecule has 1 saturated heterocycles. The van der Waals surface area contributed by atoms with Crippen LogP contribution in [0.2, 0.25) is 0 Å². The molecule has 1 aliphatic heterocycles. The van der Waals surface area contributed by atoms with Crippen LogP contribution in [0.4, 0.5) is 0 Å². The Labute approximate surface area is 162 Å². The van der Waals surface area contributed by atoms with Crippen molar-refractivity contribution in [1.29, 1.82) is 0 Å². The van der Waals surface area contributed by atoms with Crippen LogP contribution in [0.15, 0.2) is 51.9 Å². The Hall–Kier alpha value is -1.89. The van der Waals surface area contributed by atoms with Gasteiger partial charge >= 0.3 is 0 Å². The number of aromatic hydroxyl groups is 1. The van der Waals surface area contributed by atoms with Crippen LogP contribution in [0.25, 0.3) is 0 Å². The maximum Gasteiger partial charge on any atom is 0.124 e. The average molecular weight is 419 g/mol. The largest absolute Gasteiger partial charge is 0.507 e. The van der Waals surface area contributed by atoms with Gasteiger partial charge in [0.1, 0.15) is 11.5 Å². The van der Waals surface area contributed by atoms with E-state index in [-0.39, 0.29) is 11.8 Å². The fourth-order valence-corrected chi connectivity index (χ4v) is 3.41. The summed E-state index contributed by atoms with van der Waals surface area (Å²) < 4.78 is 11.7. The number of benzene rings is 2. The first-order valence-electron chi connectivity index (χ1n) is 8.61. The number of phenolic OH excluding ortho intramolecular Hbond substituents is 1. The fourth-order valence-electron chi connectivity index (χ4n) is 3.03. The molecule has 0 saturated carbocycles. The summed E-state index contributed by atoms with van der Waals surface area (Å²) in [6, 6.07) is 13.6. The minimum absolute atomic E-state index is 0.162. The third kappa shape index (κ3) is 4.84. The van der Waals surface area contributed by atoms with Crippen LogP contribution in [-0.4, -0.2) is 56.2 Å². The van der Waals surface area contributed by atoms with E-state index in [1.807, 2.05) is 18.2 Å². The lowest BCUT2D eigenvalue weighted by atomic mass is 10.0. The van der Waals surface area contributed by atoms with Gasteiger partial charge in [0.05, 0.1) is 32.9 Å². The van der Waals surface area contributed by atoms with Gasteiger partial charge in [0, 0.05) is 29.3 Å². The highest BCUT2D eigenvalue weighted by Crippen LogP contribution is 2.25. The van der Waals surface area contributed by atoms with Crippen LogP contribution in [0.1, 0.15) is 17.2 Å². The van der Waals surface area contributed by atoms with Crippen LogP contribution >= 0.6 is 15.9 Å². The molecule has 0 aromatic heterocycles. The molecule has 1 atom stereocenters. The number of halogens is 1. The monoisotopic (exact) mass is 418 g/mol. The normalized spacial score (nSPS) is 16.7. The Morgan fingerprint density at radius 3 is 2.65 bits per heavy atom. The van der Waals surface area contributed by atoms with Gasteiger partial charge in [-0.05, 0) is 35.9 Å². The molecule has 5 nitrogen and oxygen atoms in total. The van der Waals surface area contributed by atoms with E-state index in [9.17, 15) is 5.11 Å². The maximum absolute atomic E-state index is 9.97. The number of morpholine rings is 1. The maximum atomic E-state index is 9.97. The number of phenols is 1. The molecular weight excluding hydrogens is 396 g/mol. The summed E-state index contributed by atoms with van der Waals surface area (Å²) in [7, 11) is 1.67. The Bertz CT molecular complexity index is 743. The highest BCUT2D eigenvalue weighted by molar-refractivity contribution is 9.10. The number of ether oxygens (including phenoxy) is 2. The fraction of sp³-hybridized carbons (Fsp3) is 0.350. The third-order valence-electron chi connectivity index (χ3n) is 4.49. The quantitative estimate of drug-likeness (QED) is 0.727. The lowest BCUT2D eigenvalue weighted by molar-refractivity contribution is 0.0180. The van der Waals surface area contributed by atoms with E-state index in [1.165, 1.54) is 5.56 Å². The van der Waals surface area contributed by atoms with Gasteiger partial charge in [0.25, 0.3) is 0 Å². The van der Waals surface area contributed by atoms with Gasteiger partial charge in [-0.1, -0.05) is 28.1 Å². The number of hydrogen-bond acceptors (Lipinski definition) is 5. The van der Waals surface area contributed by atoms with Crippen molar-refractivity contribution in [3.05, 3.63) is 58.1 Å². The van der Waals surface area contributed by atoms with Gasteiger partial charge in [-0.15, -0.1) is 0 Å². The smallest absolute Gasteiger partial charge is 0.124 e. The van der Waals surface area contributed by atoms with E-state index in [0.29, 0.717) is 12.1 Å². The lowest BCUT2D eigenvalue weighted by Gasteiger charge is -2.34. The highest BCUT2D eigenvalue weighted by atomic mass is 79.9. The molecule has 2 aromatic rings. The van der Waals surface area contributed by atoms with Crippen LogP contribution in [-0.2, 0) is 4.74 Å². The molecular formula is C20H23BrN2O3. The minimum Gasteiger partial charge on any atom is -0.507 e. The van der Waals surface area contributed by atoms with E-state index in [2.05, 4.69) is 38.0 Å².